The van der Waals surface area contributed by atoms with Crippen LogP contribution in [0.5, 0.6) is 0 Å². The molecule has 0 aromatic rings. The van der Waals surface area contributed by atoms with E-state index in [1.165, 1.54) is 17.7 Å². The molecule has 6 heteroatoms. The van der Waals surface area contributed by atoms with E-state index >= 15 is 0 Å². The van der Waals surface area contributed by atoms with Crippen LogP contribution in [0.25, 0.3) is 0 Å². The second-order valence-electron chi connectivity index (χ2n) is 5.07. The lowest BCUT2D eigenvalue weighted by Crippen LogP contribution is -2.47. The van der Waals surface area contributed by atoms with Gasteiger partial charge in [0.1, 0.15) is 0 Å². The van der Waals surface area contributed by atoms with Crippen LogP contribution >= 0.6 is 12.4 Å². The van der Waals surface area contributed by atoms with Gasteiger partial charge >= 0.3 is 11.9 Å². The molecule has 1 amide bonds. The fraction of sp³-hybridized carbons (Fsp3) is 0.833. The SMILES string of the molecule is Cl.O=C(O)C(=O)N1CCCC(C2CCCNC2)C1. The van der Waals surface area contributed by atoms with Gasteiger partial charge in [-0.25, -0.2) is 4.79 Å². The van der Waals surface area contributed by atoms with E-state index in [9.17, 15) is 9.59 Å². The van der Waals surface area contributed by atoms with Crippen molar-refractivity contribution in [1.29, 1.82) is 0 Å². The van der Waals surface area contributed by atoms with Crippen LogP contribution in [-0.4, -0.2) is 48.1 Å². The van der Waals surface area contributed by atoms with Gasteiger partial charge in [-0.05, 0) is 50.6 Å². The van der Waals surface area contributed by atoms with Gasteiger partial charge < -0.3 is 15.3 Å². The predicted molar refractivity (Wildman–Crippen MR) is 69.8 cm³/mol. The topological polar surface area (TPSA) is 69.6 Å². The van der Waals surface area contributed by atoms with Crippen molar-refractivity contribution in [1.82, 2.24) is 10.2 Å². The number of rotatable bonds is 1. The van der Waals surface area contributed by atoms with Gasteiger partial charge in [0.15, 0.2) is 0 Å². The van der Waals surface area contributed by atoms with Gasteiger partial charge in [-0.15, -0.1) is 12.4 Å². The number of aliphatic carboxylic acids is 1. The first-order valence-corrected chi connectivity index (χ1v) is 6.41. The van der Waals surface area contributed by atoms with Crippen molar-refractivity contribution < 1.29 is 14.7 Å². The molecule has 2 N–H and O–H groups in total. The summed E-state index contributed by atoms with van der Waals surface area (Å²) in [6, 6.07) is 0. The Bertz CT molecular complexity index is 306. The number of carboxylic acids is 1. The molecule has 104 valence electrons. The van der Waals surface area contributed by atoms with E-state index in [1.54, 1.807) is 0 Å². The summed E-state index contributed by atoms with van der Waals surface area (Å²) in [7, 11) is 0. The van der Waals surface area contributed by atoms with Crippen LogP contribution in [0.3, 0.4) is 0 Å². The first-order valence-electron chi connectivity index (χ1n) is 6.41. The zero-order valence-electron chi connectivity index (χ0n) is 10.4. The fourth-order valence-electron chi connectivity index (χ4n) is 3.00. The number of hydrogen-bond acceptors (Lipinski definition) is 3. The molecule has 0 radical (unpaired) electrons. The smallest absolute Gasteiger partial charge is 0.394 e. The quantitative estimate of drug-likeness (QED) is 0.693. The van der Waals surface area contributed by atoms with E-state index in [4.69, 9.17) is 5.11 Å². The van der Waals surface area contributed by atoms with Gasteiger partial charge in [-0.3, -0.25) is 4.79 Å². The van der Waals surface area contributed by atoms with Crippen LogP contribution in [0.1, 0.15) is 25.7 Å². The van der Waals surface area contributed by atoms with Crippen LogP contribution < -0.4 is 5.32 Å². The van der Waals surface area contributed by atoms with Gasteiger partial charge in [0.05, 0.1) is 0 Å². The van der Waals surface area contributed by atoms with Crippen LogP contribution in [0, 0.1) is 11.8 Å². The fourth-order valence-corrected chi connectivity index (χ4v) is 3.00. The molecular weight excluding hydrogens is 256 g/mol. The van der Waals surface area contributed by atoms with Gasteiger partial charge in [-0.2, -0.15) is 0 Å². The molecule has 2 heterocycles. The summed E-state index contributed by atoms with van der Waals surface area (Å²) in [6.45, 7) is 3.32. The molecule has 2 aliphatic heterocycles. The van der Waals surface area contributed by atoms with Gasteiger partial charge in [0, 0.05) is 13.1 Å². The van der Waals surface area contributed by atoms with Crippen molar-refractivity contribution >= 4 is 24.3 Å². The maximum atomic E-state index is 11.4. The van der Waals surface area contributed by atoms with Gasteiger partial charge in [-0.1, -0.05) is 0 Å². The van der Waals surface area contributed by atoms with Crippen molar-refractivity contribution in [2.75, 3.05) is 26.2 Å². The zero-order valence-corrected chi connectivity index (χ0v) is 11.2. The van der Waals surface area contributed by atoms with Crippen LogP contribution in [-0.2, 0) is 9.59 Å². The van der Waals surface area contributed by atoms with E-state index < -0.39 is 11.9 Å². The van der Waals surface area contributed by atoms with Crippen molar-refractivity contribution in [2.24, 2.45) is 11.8 Å². The lowest BCUT2D eigenvalue weighted by Gasteiger charge is -2.38. The Balaban J connectivity index is 0.00000162. The minimum absolute atomic E-state index is 0. The molecule has 2 aliphatic rings. The Kier molecular flexibility index (Phi) is 5.88. The molecule has 5 nitrogen and oxygen atoms in total. The molecule has 2 saturated heterocycles. The predicted octanol–water partition coefficient (Wildman–Crippen LogP) is 0.731. The summed E-state index contributed by atoms with van der Waals surface area (Å²) in [5, 5.41) is 12.1. The van der Waals surface area contributed by atoms with Crippen molar-refractivity contribution in [2.45, 2.75) is 25.7 Å². The number of carbonyl (C=O) groups excluding carboxylic acids is 1. The van der Waals surface area contributed by atoms with Crippen LogP contribution in [0.2, 0.25) is 0 Å². The summed E-state index contributed by atoms with van der Waals surface area (Å²) in [6.07, 6.45) is 4.44. The highest BCUT2D eigenvalue weighted by Crippen LogP contribution is 2.28. The van der Waals surface area contributed by atoms with Gasteiger partial charge in [0.2, 0.25) is 0 Å². The molecule has 0 saturated carbocycles. The second kappa shape index (κ2) is 6.95. The van der Waals surface area contributed by atoms with Crippen molar-refractivity contribution in [3.05, 3.63) is 0 Å². The average molecular weight is 277 g/mol. The number of nitrogens with one attached hydrogen (secondary N) is 1. The van der Waals surface area contributed by atoms with Gasteiger partial charge in [0.25, 0.3) is 0 Å². The Labute approximate surface area is 113 Å². The van der Waals surface area contributed by atoms with Crippen molar-refractivity contribution in [3.63, 3.8) is 0 Å². The second-order valence-corrected chi connectivity index (χ2v) is 5.07. The number of amides is 1. The Morgan fingerprint density at radius 1 is 1.17 bits per heavy atom. The highest BCUT2D eigenvalue weighted by molar-refractivity contribution is 6.31. The summed E-state index contributed by atoms with van der Waals surface area (Å²) < 4.78 is 0. The van der Waals surface area contributed by atoms with E-state index in [0.29, 0.717) is 24.9 Å². The number of nitrogens with zero attached hydrogens (tertiary/aromatic N) is 1. The third-order valence-electron chi connectivity index (χ3n) is 3.93. The van der Waals surface area contributed by atoms with Crippen LogP contribution in [0.4, 0.5) is 0 Å². The lowest BCUT2D eigenvalue weighted by molar-refractivity contribution is -0.157. The number of carbonyl (C=O) groups is 2. The number of piperidine rings is 2. The molecular formula is C12H21ClN2O3. The molecule has 2 unspecified atom stereocenters. The van der Waals surface area contributed by atoms with Crippen LogP contribution in [0.15, 0.2) is 0 Å². The Morgan fingerprint density at radius 2 is 1.89 bits per heavy atom. The maximum absolute atomic E-state index is 11.4. The normalized spacial score (nSPS) is 28.3. The molecule has 18 heavy (non-hydrogen) atoms. The van der Waals surface area contributed by atoms with Crippen molar-refractivity contribution in [3.8, 4) is 0 Å². The highest BCUT2D eigenvalue weighted by Gasteiger charge is 2.32. The maximum Gasteiger partial charge on any atom is 0.394 e. The average Bonchev–Trinajstić information content (AvgIpc) is 2.39. The number of halogens is 1. The Hall–Kier alpha value is -0.810. The first kappa shape index (κ1) is 15.2. The number of likely N-dealkylation sites (tertiary alicyclic amines) is 1. The first-order chi connectivity index (χ1) is 8.18. The standard InChI is InChI=1S/C12H20N2O3.ClH/c15-11(12(16)17)14-6-2-4-10(8-14)9-3-1-5-13-7-9;/h9-10,13H,1-8H2,(H,16,17);1H. The van der Waals surface area contributed by atoms with E-state index in [0.717, 1.165) is 25.9 Å². The summed E-state index contributed by atoms with van der Waals surface area (Å²) in [5.41, 5.74) is 0. The highest BCUT2D eigenvalue weighted by atomic mass is 35.5. The third-order valence-corrected chi connectivity index (χ3v) is 3.93. The number of hydrogen-bond donors (Lipinski definition) is 2. The lowest BCUT2D eigenvalue weighted by atomic mass is 9.81. The third kappa shape index (κ3) is 3.59. The molecule has 0 aromatic carbocycles. The summed E-state index contributed by atoms with van der Waals surface area (Å²) in [4.78, 5) is 23.6. The Morgan fingerprint density at radius 3 is 2.50 bits per heavy atom. The minimum atomic E-state index is -1.33. The van der Waals surface area contributed by atoms with E-state index in [2.05, 4.69) is 5.32 Å². The summed E-state index contributed by atoms with van der Waals surface area (Å²) >= 11 is 0. The zero-order chi connectivity index (χ0) is 12.3. The molecule has 0 aromatic heterocycles. The summed E-state index contributed by atoms with van der Waals surface area (Å²) in [5.74, 6) is -0.987. The molecule has 0 spiro atoms. The molecule has 2 fully saturated rings. The largest absolute Gasteiger partial charge is 0.474 e. The molecule has 0 bridgehead atoms. The number of carboxylic acid groups (broad SMARTS) is 1. The van der Waals surface area contributed by atoms with E-state index in [1.807, 2.05) is 0 Å². The molecule has 2 atom stereocenters. The monoisotopic (exact) mass is 276 g/mol. The minimum Gasteiger partial charge on any atom is -0.474 e. The molecule has 0 aliphatic carbocycles. The molecule has 2 rings (SSSR count). The van der Waals surface area contributed by atoms with E-state index in [-0.39, 0.29) is 12.4 Å².